The molecule has 6 heteroatoms. The van der Waals surface area contributed by atoms with Crippen LogP contribution in [0.15, 0.2) is 24.3 Å². The normalized spacial score (nSPS) is 36.5. The highest BCUT2D eigenvalue weighted by Crippen LogP contribution is 2.68. The number of halogens is 2. The molecule has 7 atom stereocenters. The van der Waals surface area contributed by atoms with Crippen molar-refractivity contribution in [2.75, 3.05) is 11.9 Å². The number of rotatable bonds is 4. The van der Waals surface area contributed by atoms with Gasteiger partial charge in [-0.3, -0.25) is 0 Å². The fourth-order valence-corrected chi connectivity index (χ4v) is 9.94. The van der Waals surface area contributed by atoms with Crippen LogP contribution in [0.2, 0.25) is 0 Å². The van der Waals surface area contributed by atoms with E-state index in [4.69, 9.17) is 4.98 Å². The average Bonchev–Trinajstić information content (AvgIpc) is 3.40. The highest BCUT2D eigenvalue weighted by molar-refractivity contribution is 7.16. The zero-order chi connectivity index (χ0) is 24.5. The van der Waals surface area contributed by atoms with Gasteiger partial charge in [-0.05, 0) is 103 Å². The molecule has 0 bridgehead atoms. The second-order valence-corrected chi connectivity index (χ2v) is 13.1. The number of benzene rings is 1. The highest BCUT2D eigenvalue weighted by Gasteiger charge is 2.59. The van der Waals surface area contributed by atoms with E-state index in [2.05, 4.69) is 32.2 Å². The fourth-order valence-electron chi connectivity index (χ4n) is 8.74. The molecule has 2 aromatic rings. The van der Waals surface area contributed by atoms with Gasteiger partial charge >= 0.3 is 0 Å². The summed E-state index contributed by atoms with van der Waals surface area (Å²) in [5, 5.41) is 13.7. The first-order valence-electron chi connectivity index (χ1n) is 13.3. The number of aliphatic hydroxyl groups excluding tert-OH is 1. The Morgan fingerprint density at radius 1 is 1.17 bits per heavy atom. The molecule has 4 aliphatic rings. The van der Waals surface area contributed by atoms with Crippen LogP contribution in [0.25, 0.3) is 5.57 Å². The molecule has 0 spiro atoms. The lowest BCUT2D eigenvalue weighted by molar-refractivity contribution is -0.0430. The molecule has 0 radical (unpaired) electrons. The molecule has 0 aliphatic heterocycles. The molecule has 188 valence electrons. The summed E-state index contributed by atoms with van der Waals surface area (Å²) in [4.78, 5) is 6.08. The standard InChI is InChI=1S/C29H36F2N2OS/c1-16(15-34)19-7-8-20-18-5-6-22-26-25(11-13-29(22,3)21(18)10-12-28(19,20)2)33-27(35-26)32-24-9-4-17(30)14-23(24)31/h4,6,9,14,16,18-21,34H,5,7-8,10-13,15H2,1-3H3,(H,32,33)/t16-,18+,19-,20+,21+,28-,29-/m1/s1. The van der Waals surface area contributed by atoms with Crippen molar-refractivity contribution in [3.05, 3.63) is 46.5 Å². The van der Waals surface area contributed by atoms with Crippen LogP contribution in [0.5, 0.6) is 0 Å². The maximum absolute atomic E-state index is 14.2. The van der Waals surface area contributed by atoms with Crippen LogP contribution in [-0.2, 0) is 6.42 Å². The number of fused-ring (bicyclic) bond motifs is 7. The van der Waals surface area contributed by atoms with Gasteiger partial charge in [0, 0.05) is 12.7 Å². The van der Waals surface area contributed by atoms with Gasteiger partial charge in [-0.15, -0.1) is 0 Å². The summed E-state index contributed by atoms with van der Waals surface area (Å²) >= 11 is 1.61. The zero-order valence-corrected chi connectivity index (χ0v) is 21.7. The van der Waals surface area contributed by atoms with E-state index >= 15 is 0 Å². The minimum atomic E-state index is -0.599. The van der Waals surface area contributed by atoms with Crippen LogP contribution in [-0.4, -0.2) is 16.7 Å². The molecule has 0 unspecified atom stereocenters. The number of hydrogen-bond acceptors (Lipinski definition) is 4. The smallest absolute Gasteiger partial charge is 0.188 e. The number of hydrogen-bond donors (Lipinski definition) is 2. The molecule has 35 heavy (non-hydrogen) atoms. The number of aryl methyl sites for hydroxylation is 1. The Hall–Kier alpha value is -1.79. The molecule has 2 saturated carbocycles. The van der Waals surface area contributed by atoms with Gasteiger partial charge in [-0.1, -0.05) is 38.2 Å². The summed E-state index contributed by atoms with van der Waals surface area (Å²) < 4.78 is 27.5. The van der Waals surface area contributed by atoms with Crippen molar-refractivity contribution >= 4 is 27.7 Å². The number of nitrogens with zero attached hydrogens (tertiary/aromatic N) is 1. The first kappa shape index (κ1) is 23.6. The van der Waals surface area contributed by atoms with Crippen LogP contribution in [0.1, 0.15) is 69.9 Å². The summed E-state index contributed by atoms with van der Waals surface area (Å²) in [6.45, 7) is 7.54. The lowest BCUT2D eigenvalue weighted by Crippen LogP contribution is -2.50. The third-order valence-corrected chi connectivity index (χ3v) is 11.6. The largest absolute Gasteiger partial charge is 0.396 e. The molecule has 3 nitrogen and oxygen atoms in total. The molecule has 1 heterocycles. The van der Waals surface area contributed by atoms with Gasteiger partial charge < -0.3 is 10.4 Å². The van der Waals surface area contributed by atoms with Crippen LogP contribution < -0.4 is 5.32 Å². The molecular formula is C29H36F2N2OS. The molecule has 2 fully saturated rings. The lowest BCUT2D eigenvalue weighted by Gasteiger charge is -2.57. The van der Waals surface area contributed by atoms with Gasteiger partial charge in [0.2, 0.25) is 0 Å². The Balaban J connectivity index is 1.29. The molecule has 1 aromatic heterocycles. The van der Waals surface area contributed by atoms with E-state index in [0.29, 0.717) is 34.9 Å². The zero-order valence-electron chi connectivity index (χ0n) is 20.9. The summed E-state index contributed by atoms with van der Waals surface area (Å²) in [6.07, 6.45) is 10.8. The number of nitrogens with one attached hydrogen (secondary N) is 1. The first-order valence-corrected chi connectivity index (χ1v) is 14.1. The first-order chi connectivity index (χ1) is 16.7. The van der Waals surface area contributed by atoms with Crippen LogP contribution in [0.3, 0.4) is 0 Å². The van der Waals surface area contributed by atoms with Gasteiger partial charge in [-0.2, -0.15) is 0 Å². The summed E-state index contributed by atoms with van der Waals surface area (Å²) in [7, 11) is 0. The third-order valence-electron chi connectivity index (χ3n) is 10.5. The average molecular weight is 499 g/mol. The van der Waals surface area contributed by atoms with Gasteiger partial charge in [0.1, 0.15) is 11.6 Å². The van der Waals surface area contributed by atoms with E-state index < -0.39 is 11.6 Å². The molecule has 4 aliphatic carbocycles. The van der Waals surface area contributed by atoms with Crippen LogP contribution in [0, 0.1) is 52.1 Å². The lowest BCUT2D eigenvalue weighted by atomic mass is 9.47. The second kappa shape index (κ2) is 8.37. The van der Waals surface area contributed by atoms with Crippen molar-refractivity contribution in [1.29, 1.82) is 0 Å². The van der Waals surface area contributed by atoms with Gasteiger partial charge in [-0.25, -0.2) is 13.8 Å². The van der Waals surface area contributed by atoms with Crippen LogP contribution in [0.4, 0.5) is 19.6 Å². The van der Waals surface area contributed by atoms with Crippen molar-refractivity contribution in [2.24, 2.45) is 40.4 Å². The van der Waals surface area contributed by atoms with Gasteiger partial charge in [0.15, 0.2) is 5.13 Å². The third kappa shape index (κ3) is 3.53. The molecule has 2 N–H and O–H groups in total. The maximum Gasteiger partial charge on any atom is 0.188 e. The molecule has 1 aromatic carbocycles. The Morgan fingerprint density at radius 3 is 2.77 bits per heavy atom. The van der Waals surface area contributed by atoms with Crippen LogP contribution >= 0.6 is 11.3 Å². The number of thiazole rings is 1. The number of anilines is 2. The van der Waals surface area contributed by atoms with E-state index in [9.17, 15) is 13.9 Å². The molecule has 0 saturated heterocycles. The number of aliphatic hydroxyl groups is 1. The summed E-state index contributed by atoms with van der Waals surface area (Å²) in [6, 6.07) is 3.61. The van der Waals surface area contributed by atoms with E-state index in [-0.39, 0.29) is 11.1 Å². The van der Waals surface area contributed by atoms with Crippen molar-refractivity contribution < 1.29 is 13.9 Å². The topological polar surface area (TPSA) is 45.1 Å². The summed E-state index contributed by atoms with van der Waals surface area (Å²) in [5.74, 6) is 2.00. The molecular weight excluding hydrogens is 462 g/mol. The van der Waals surface area contributed by atoms with E-state index in [1.807, 2.05) is 0 Å². The Morgan fingerprint density at radius 2 is 2.00 bits per heavy atom. The van der Waals surface area contributed by atoms with Gasteiger partial charge in [0.25, 0.3) is 0 Å². The molecule has 6 rings (SSSR count). The van der Waals surface area contributed by atoms with Crippen molar-refractivity contribution in [3.63, 3.8) is 0 Å². The van der Waals surface area contributed by atoms with E-state index in [1.165, 1.54) is 48.3 Å². The quantitative estimate of drug-likeness (QED) is 0.456. The Labute approximate surface area is 211 Å². The van der Waals surface area contributed by atoms with Crippen molar-refractivity contribution in [1.82, 2.24) is 4.98 Å². The van der Waals surface area contributed by atoms with E-state index in [0.717, 1.165) is 42.9 Å². The molecule has 0 amide bonds. The number of aromatic nitrogens is 1. The van der Waals surface area contributed by atoms with E-state index in [1.54, 1.807) is 11.3 Å². The van der Waals surface area contributed by atoms with Crippen molar-refractivity contribution in [2.45, 2.75) is 65.7 Å². The maximum atomic E-state index is 14.2. The van der Waals surface area contributed by atoms with Crippen molar-refractivity contribution in [3.8, 4) is 0 Å². The Kier molecular flexibility index (Phi) is 5.65. The fraction of sp³-hybridized carbons (Fsp3) is 0.621. The summed E-state index contributed by atoms with van der Waals surface area (Å²) in [5.41, 5.74) is 3.33. The predicted molar refractivity (Wildman–Crippen MR) is 138 cm³/mol. The minimum Gasteiger partial charge on any atom is -0.396 e. The highest BCUT2D eigenvalue weighted by atomic mass is 32.1. The van der Waals surface area contributed by atoms with Gasteiger partial charge in [0.05, 0.1) is 16.3 Å². The predicted octanol–water partition coefficient (Wildman–Crippen LogP) is 7.59. The number of allylic oxidation sites excluding steroid dienone is 2. The minimum absolute atomic E-state index is 0.156. The SMILES string of the molecule is C[C@H](CO)[C@H]1CC[C@H]2[C@@H]3CC=C4c5sc(Nc6ccc(F)cc6F)nc5CC[C@]4(C)[C@H]3CC[C@]12C. The Bertz CT molecular complexity index is 1180. The monoisotopic (exact) mass is 498 g/mol. The second-order valence-electron chi connectivity index (χ2n) is 12.1.